The highest BCUT2D eigenvalue weighted by Crippen LogP contribution is 2.67. The highest BCUT2D eigenvalue weighted by Gasteiger charge is 2.75. The van der Waals surface area contributed by atoms with Crippen LogP contribution < -0.4 is 0 Å². The van der Waals surface area contributed by atoms with Gasteiger partial charge in [-0.15, -0.1) is 0 Å². The molecule has 248 valence electrons. The molecule has 0 aromatic rings. The van der Waals surface area contributed by atoms with Crippen molar-refractivity contribution in [1.29, 1.82) is 0 Å². The first kappa shape index (κ1) is 35.4. The molecule has 4 unspecified atom stereocenters. The maximum absolute atomic E-state index is 10.3. The van der Waals surface area contributed by atoms with Gasteiger partial charge in [-0.1, -0.05) is 123 Å². The van der Waals surface area contributed by atoms with Crippen molar-refractivity contribution in [3.8, 4) is 0 Å². The van der Waals surface area contributed by atoms with Crippen LogP contribution in [0.25, 0.3) is 0 Å². The highest BCUT2D eigenvalue weighted by atomic mass is 16.6. The zero-order valence-corrected chi connectivity index (χ0v) is 29.6. The summed E-state index contributed by atoms with van der Waals surface area (Å²) in [5, 5.41) is 20.6. The smallest absolute Gasteiger partial charge is 0.121 e. The summed E-state index contributed by atoms with van der Waals surface area (Å²) < 4.78 is 12.6. The predicted molar refractivity (Wildman–Crippen MR) is 183 cm³/mol. The van der Waals surface area contributed by atoms with Gasteiger partial charge in [0.2, 0.25) is 0 Å². The number of rotatable bonds is 14. The van der Waals surface area contributed by atoms with E-state index in [0.717, 1.165) is 32.1 Å². The zero-order chi connectivity index (χ0) is 32.6. The number of epoxide rings is 2. The minimum absolute atomic E-state index is 0.0431. The molecule has 4 heteroatoms. The summed E-state index contributed by atoms with van der Waals surface area (Å²) in [7, 11) is 0. The molecule has 2 saturated heterocycles. The van der Waals surface area contributed by atoms with E-state index >= 15 is 0 Å². The average Bonchev–Trinajstić information content (AvgIpc) is 3.73. The van der Waals surface area contributed by atoms with Gasteiger partial charge in [0, 0.05) is 23.7 Å². The van der Waals surface area contributed by atoms with E-state index in [9.17, 15) is 10.2 Å². The third-order valence-electron chi connectivity index (χ3n) is 11.6. The first-order chi connectivity index (χ1) is 20.4. The van der Waals surface area contributed by atoms with E-state index in [-0.39, 0.29) is 45.4 Å². The molecular formula is C40H64O4. The lowest BCUT2D eigenvalue weighted by atomic mass is 9.63. The first-order valence-electron chi connectivity index (χ1n) is 17.6. The fraction of sp³-hybridized carbons (Fsp3) is 0.750. The number of hydrogen-bond donors (Lipinski definition) is 2. The van der Waals surface area contributed by atoms with E-state index in [4.69, 9.17) is 9.47 Å². The minimum atomic E-state index is -0.268. The molecule has 2 heterocycles. The number of fused-ring (bicyclic) bond motifs is 2. The molecule has 0 bridgehead atoms. The maximum Gasteiger partial charge on any atom is 0.121 e. The topological polar surface area (TPSA) is 65.5 Å². The second kappa shape index (κ2) is 13.0. The summed E-state index contributed by atoms with van der Waals surface area (Å²) in [4.78, 5) is 0. The Morgan fingerprint density at radius 2 is 1.07 bits per heavy atom. The normalized spacial score (nSPS) is 40.5. The monoisotopic (exact) mass is 608 g/mol. The second-order valence-corrected chi connectivity index (χ2v) is 16.9. The van der Waals surface area contributed by atoms with E-state index in [0.29, 0.717) is 23.7 Å². The van der Waals surface area contributed by atoms with Crippen LogP contribution in [0, 0.1) is 34.5 Å². The standard InChI is InChI=1S/C40H64O4/c1-29(17-13-19-31(3)21-23-39-35(5,6)25-33(41)27-37(39,9)43-39)15-11-12-16-30(2)18-14-20-32(4)22-24-40-36(7,8)26-34(42)28-38(40,10)44-40/h11-13,15-17,21-24,29-34,41-42H,14,18-20,25-28H2,1-10H3/b15-11+,16-12+,17-13+,23-21+,24-22+/t29?,30?,31?,32?,33-,34-,37+,38+,39-,40-/m0/s1. The van der Waals surface area contributed by atoms with Crippen molar-refractivity contribution < 1.29 is 19.7 Å². The van der Waals surface area contributed by atoms with Crippen molar-refractivity contribution >= 4 is 0 Å². The molecule has 0 amide bonds. The minimum Gasteiger partial charge on any atom is -0.393 e. The zero-order valence-electron chi connectivity index (χ0n) is 29.6. The number of aliphatic hydroxyl groups is 2. The predicted octanol–water partition coefficient (Wildman–Crippen LogP) is 9.29. The lowest BCUT2D eigenvalue weighted by molar-refractivity contribution is 0.0509. The molecule has 2 aliphatic heterocycles. The molecule has 2 aliphatic carbocycles. The Hall–Kier alpha value is -1.46. The first-order valence-corrected chi connectivity index (χ1v) is 17.6. The Bertz CT molecular complexity index is 1140. The molecule has 0 radical (unpaired) electrons. The van der Waals surface area contributed by atoms with E-state index < -0.39 is 0 Å². The summed E-state index contributed by atoms with van der Waals surface area (Å²) >= 11 is 0. The van der Waals surface area contributed by atoms with Crippen LogP contribution in [0.5, 0.6) is 0 Å². The van der Waals surface area contributed by atoms with Gasteiger partial charge in [0.05, 0.1) is 12.2 Å². The maximum atomic E-state index is 10.3. The van der Waals surface area contributed by atoms with E-state index in [1.807, 2.05) is 0 Å². The van der Waals surface area contributed by atoms with Gasteiger partial charge < -0.3 is 19.7 Å². The summed E-state index contributed by atoms with van der Waals surface area (Å²) in [6.07, 6.45) is 30.0. The molecule has 2 N–H and O–H groups in total. The summed E-state index contributed by atoms with van der Waals surface area (Å²) in [5.41, 5.74) is -1.00. The van der Waals surface area contributed by atoms with Gasteiger partial charge in [-0.25, -0.2) is 0 Å². The van der Waals surface area contributed by atoms with Gasteiger partial charge in [0.1, 0.15) is 22.4 Å². The fourth-order valence-electron chi connectivity index (χ4n) is 8.85. The van der Waals surface area contributed by atoms with Crippen molar-refractivity contribution in [2.75, 3.05) is 0 Å². The van der Waals surface area contributed by atoms with Crippen LogP contribution in [0.3, 0.4) is 0 Å². The van der Waals surface area contributed by atoms with Crippen LogP contribution in [-0.2, 0) is 9.47 Å². The Morgan fingerprint density at radius 3 is 1.57 bits per heavy atom. The Balaban J connectivity index is 1.12. The van der Waals surface area contributed by atoms with Gasteiger partial charge in [-0.05, 0) is 69.6 Å². The molecule has 4 rings (SSSR count). The Kier molecular flexibility index (Phi) is 10.4. The van der Waals surface area contributed by atoms with Crippen molar-refractivity contribution in [3.63, 3.8) is 0 Å². The van der Waals surface area contributed by atoms with Gasteiger partial charge in [0.25, 0.3) is 0 Å². The lowest BCUT2D eigenvalue weighted by Gasteiger charge is -2.39. The molecule has 4 nitrogen and oxygen atoms in total. The van der Waals surface area contributed by atoms with Crippen LogP contribution in [0.2, 0.25) is 0 Å². The van der Waals surface area contributed by atoms with Crippen LogP contribution in [-0.4, -0.2) is 44.8 Å². The Morgan fingerprint density at radius 1 is 0.614 bits per heavy atom. The van der Waals surface area contributed by atoms with Crippen LogP contribution >= 0.6 is 0 Å². The third kappa shape index (κ3) is 7.24. The number of ether oxygens (including phenoxy) is 2. The van der Waals surface area contributed by atoms with E-state index in [1.54, 1.807) is 0 Å². The molecule has 10 atom stereocenters. The molecule has 4 aliphatic rings. The SMILES string of the molecule is CC(/C=C/C=C/C(C)CCCC(C)/C=C/[C@@]12O[C@]1(C)C[C@@H](O)CC2(C)C)/C=C/CC(C)/C=C/[C@@]12O[C@]1(C)C[C@@H](O)CC2(C)C. The fourth-order valence-corrected chi connectivity index (χ4v) is 8.85. The van der Waals surface area contributed by atoms with Gasteiger partial charge in [-0.2, -0.15) is 0 Å². The summed E-state index contributed by atoms with van der Waals surface area (Å²) in [6, 6.07) is 0. The second-order valence-electron chi connectivity index (χ2n) is 16.9. The van der Waals surface area contributed by atoms with Gasteiger partial charge >= 0.3 is 0 Å². The number of hydrogen-bond acceptors (Lipinski definition) is 4. The largest absolute Gasteiger partial charge is 0.393 e. The average molecular weight is 609 g/mol. The van der Waals surface area contributed by atoms with Crippen LogP contribution in [0.15, 0.2) is 60.8 Å². The molecule has 44 heavy (non-hydrogen) atoms. The third-order valence-corrected chi connectivity index (χ3v) is 11.6. The molecule has 4 fully saturated rings. The molecule has 0 spiro atoms. The van der Waals surface area contributed by atoms with Gasteiger partial charge in [-0.3, -0.25) is 0 Å². The lowest BCUT2D eigenvalue weighted by Crippen LogP contribution is -2.46. The molecule has 0 aromatic carbocycles. The number of allylic oxidation sites excluding steroid dienone is 8. The van der Waals surface area contributed by atoms with Gasteiger partial charge in [0.15, 0.2) is 0 Å². The van der Waals surface area contributed by atoms with Crippen molar-refractivity contribution in [1.82, 2.24) is 0 Å². The summed E-state index contributed by atoms with van der Waals surface area (Å²) in [6.45, 7) is 22.4. The van der Waals surface area contributed by atoms with E-state index in [1.165, 1.54) is 19.3 Å². The molecule has 2 saturated carbocycles. The highest BCUT2D eigenvalue weighted by molar-refractivity contribution is 5.33. The van der Waals surface area contributed by atoms with Crippen molar-refractivity contribution in [2.45, 2.75) is 155 Å². The van der Waals surface area contributed by atoms with E-state index in [2.05, 4.69) is 130 Å². The number of aliphatic hydroxyl groups excluding tert-OH is 2. The summed E-state index contributed by atoms with van der Waals surface area (Å²) in [5.74, 6) is 1.94. The quantitative estimate of drug-likeness (QED) is 0.117. The molecule has 0 aromatic heterocycles. The molecular weight excluding hydrogens is 544 g/mol. The van der Waals surface area contributed by atoms with Crippen molar-refractivity contribution in [3.05, 3.63) is 60.8 Å². The Labute approximate surface area is 269 Å². The van der Waals surface area contributed by atoms with Crippen LogP contribution in [0.1, 0.15) is 121 Å². The van der Waals surface area contributed by atoms with Crippen LogP contribution in [0.4, 0.5) is 0 Å². The van der Waals surface area contributed by atoms with Crippen molar-refractivity contribution in [2.24, 2.45) is 34.5 Å².